The molecular weight excluding hydrogens is 412 g/mol. The second kappa shape index (κ2) is 8.91. The summed E-state index contributed by atoms with van der Waals surface area (Å²) in [5.41, 5.74) is 1.75. The molecule has 31 heavy (non-hydrogen) atoms. The molecule has 8 nitrogen and oxygen atoms in total. The molecule has 1 aliphatic rings. The fourth-order valence-corrected chi connectivity index (χ4v) is 4.43. The summed E-state index contributed by atoms with van der Waals surface area (Å²) in [7, 11) is 0. The molecule has 0 unspecified atom stereocenters. The van der Waals surface area contributed by atoms with Crippen molar-refractivity contribution in [2.75, 3.05) is 31.2 Å². The number of hydrogen-bond donors (Lipinski definition) is 1. The van der Waals surface area contributed by atoms with Gasteiger partial charge in [-0.1, -0.05) is 54.2 Å². The van der Waals surface area contributed by atoms with E-state index in [2.05, 4.69) is 41.8 Å². The summed E-state index contributed by atoms with van der Waals surface area (Å²) in [5.74, 6) is 1.96. The van der Waals surface area contributed by atoms with Crippen LogP contribution in [0.15, 0.2) is 64.5 Å². The number of para-hydroxylation sites is 1. The average molecular weight is 435 g/mol. The van der Waals surface area contributed by atoms with Gasteiger partial charge in [-0.15, -0.1) is 10.2 Å². The number of H-pyrrole nitrogens is 1. The third kappa shape index (κ3) is 4.33. The number of nitrogens with zero attached hydrogens (tertiary/aromatic N) is 5. The molecule has 0 radical (unpaired) electrons. The standard InChI is InChI=1S/C22H22N6O2S/c29-20-17-8-4-5-9-18(17)23-19(24-20)15-31-22-26-25-21(27-10-12-30-13-11-27)28(22)14-16-6-2-1-3-7-16/h1-9H,10-15H2,(H,23,24,29). The maximum Gasteiger partial charge on any atom is 0.258 e. The van der Waals surface area contributed by atoms with Crippen molar-refractivity contribution >= 4 is 28.6 Å². The molecule has 1 saturated heterocycles. The van der Waals surface area contributed by atoms with Crippen LogP contribution in [-0.2, 0) is 17.0 Å². The lowest BCUT2D eigenvalue weighted by molar-refractivity contribution is 0.121. The average Bonchev–Trinajstić information content (AvgIpc) is 3.21. The molecule has 0 bridgehead atoms. The van der Waals surface area contributed by atoms with Crippen molar-refractivity contribution in [3.8, 4) is 0 Å². The largest absolute Gasteiger partial charge is 0.378 e. The van der Waals surface area contributed by atoms with E-state index >= 15 is 0 Å². The fraction of sp³-hybridized carbons (Fsp3) is 0.273. The summed E-state index contributed by atoms with van der Waals surface area (Å²) >= 11 is 1.52. The Morgan fingerprint density at radius 3 is 2.61 bits per heavy atom. The molecule has 2 aromatic heterocycles. The van der Waals surface area contributed by atoms with Gasteiger partial charge in [0.25, 0.3) is 5.56 Å². The van der Waals surface area contributed by atoms with Crippen molar-refractivity contribution in [3.05, 3.63) is 76.3 Å². The predicted octanol–water partition coefficient (Wildman–Crippen LogP) is 2.69. The van der Waals surface area contributed by atoms with Crippen LogP contribution in [0.1, 0.15) is 11.4 Å². The van der Waals surface area contributed by atoms with Gasteiger partial charge in [-0.3, -0.25) is 9.36 Å². The van der Waals surface area contributed by atoms with Crippen LogP contribution >= 0.6 is 11.8 Å². The summed E-state index contributed by atoms with van der Waals surface area (Å²) in [6.07, 6.45) is 0. The normalized spacial score (nSPS) is 14.3. The minimum Gasteiger partial charge on any atom is -0.378 e. The Bertz CT molecular complexity index is 1230. The highest BCUT2D eigenvalue weighted by Crippen LogP contribution is 2.26. The number of morpholine rings is 1. The molecule has 0 spiro atoms. The van der Waals surface area contributed by atoms with Crippen molar-refractivity contribution in [1.82, 2.24) is 24.7 Å². The van der Waals surface area contributed by atoms with E-state index in [4.69, 9.17) is 4.74 Å². The molecule has 2 aromatic carbocycles. The third-order valence-corrected chi connectivity index (χ3v) is 6.15. The van der Waals surface area contributed by atoms with Gasteiger partial charge in [-0.2, -0.15) is 0 Å². The van der Waals surface area contributed by atoms with Gasteiger partial charge < -0.3 is 14.6 Å². The number of rotatable bonds is 6. The van der Waals surface area contributed by atoms with Gasteiger partial charge in [0, 0.05) is 13.1 Å². The van der Waals surface area contributed by atoms with Gasteiger partial charge in [0.1, 0.15) is 5.82 Å². The number of nitrogens with one attached hydrogen (secondary N) is 1. The highest BCUT2D eigenvalue weighted by molar-refractivity contribution is 7.98. The summed E-state index contributed by atoms with van der Waals surface area (Å²) in [6.45, 7) is 3.62. The lowest BCUT2D eigenvalue weighted by Gasteiger charge is -2.28. The molecule has 0 aliphatic carbocycles. The molecule has 0 atom stereocenters. The van der Waals surface area contributed by atoms with Crippen LogP contribution in [0.25, 0.3) is 10.9 Å². The summed E-state index contributed by atoms with van der Waals surface area (Å²) in [6, 6.07) is 17.6. The van der Waals surface area contributed by atoms with Gasteiger partial charge in [0.2, 0.25) is 5.95 Å². The van der Waals surface area contributed by atoms with Crippen LogP contribution in [0.5, 0.6) is 0 Å². The van der Waals surface area contributed by atoms with E-state index in [1.165, 1.54) is 17.3 Å². The van der Waals surface area contributed by atoms with Gasteiger partial charge in [0.05, 0.1) is 36.4 Å². The van der Waals surface area contributed by atoms with Crippen LogP contribution in [0, 0.1) is 0 Å². The Hall–Kier alpha value is -3.17. The highest BCUT2D eigenvalue weighted by Gasteiger charge is 2.21. The first-order chi connectivity index (χ1) is 15.3. The number of hydrogen-bond acceptors (Lipinski definition) is 7. The SMILES string of the molecule is O=c1[nH]c(CSc2nnc(N3CCOCC3)n2Cc2ccccc2)nc2ccccc12. The van der Waals surface area contributed by atoms with Crippen LogP contribution in [-0.4, -0.2) is 51.0 Å². The van der Waals surface area contributed by atoms with E-state index in [1.54, 1.807) is 6.07 Å². The molecule has 5 rings (SSSR count). The maximum atomic E-state index is 12.4. The van der Waals surface area contributed by atoms with Crippen molar-refractivity contribution in [2.24, 2.45) is 0 Å². The van der Waals surface area contributed by atoms with E-state index in [9.17, 15) is 4.79 Å². The van der Waals surface area contributed by atoms with Crippen molar-refractivity contribution in [1.29, 1.82) is 0 Å². The third-order valence-electron chi connectivity index (χ3n) is 5.17. The topological polar surface area (TPSA) is 88.9 Å². The number of aromatic nitrogens is 5. The van der Waals surface area contributed by atoms with Crippen molar-refractivity contribution in [3.63, 3.8) is 0 Å². The molecule has 0 amide bonds. The molecule has 1 fully saturated rings. The Balaban J connectivity index is 1.43. The summed E-state index contributed by atoms with van der Waals surface area (Å²) < 4.78 is 7.62. The van der Waals surface area contributed by atoms with Crippen LogP contribution in [0.4, 0.5) is 5.95 Å². The molecule has 9 heteroatoms. The van der Waals surface area contributed by atoms with E-state index < -0.39 is 0 Å². The Morgan fingerprint density at radius 1 is 1.00 bits per heavy atom. The maximum absolute atomic E-state index is 12.4. The molecule has 1 aliphatic heterocycles. The van der Waals surface area contributed by atoms with Crippen molar-refractivity contribution in [2.45, 2.75) is 17.5 Å². The van der Waals surface area contributed by atoms with E-state index in [1.807, 2.05) is 36.4 Å². The van der Waals surface area contributed by atoms with Gasteiger partial charge in [-0.25, -0.2) is 4.98 Å². The van der Waals surface area contributed by atoms with Gasteiger partial charge in [0.15, 0.2) is 5.16 Å². The van der Waals surface area contributed by atoms with Crippen LogP contribution in [0.3, 0.4) is 0 Å². The number of fused-ring (bicyclic) bond motifs is 1. The first-order valence-corrected chi connectivity index (χ1v) is 11.2. The molecule has 158 valence electrons. The number of anilines is 1. The predicted molar refractivity (Wildman–Crippen MR) is 121 cm³/mol. The second-order valence-electron chi connectivity index (χ2n) is 7.27. The molecule has 4 aromatic rings. The fourth-order valence-electron chi connectivity index (χ4n) is 3.63. The van der Waals surface area contributed by atoms with E-state index in [0.29, 0.717) is 42.2 Å². The monoisotopic (exact) mass is 434 g/mol. The zero-order valence-corrected chi connectivity index (χ0v) is 17.7. The number of aromatic amines is 1. The lowest BCUT2D eigenvalue weighted by atomic mass is 10.2. The Morgan fingerprint density at radius 2 is 1.77 bits per heavy atom. The highest BCUT2D eigenvalue weighted by atomic mass is 32.2. The van der Waals surface area contributed by atoms with Gasteiger partial charge in [-0.05, 0) is 17.7 Å². The number of benzene rings is 2. The van der Waals surface area contributed by atoms with E-state index in [-0.39, 0.29) is 5.56 Å². The number of thioether (sulfide) groups is 1. The van der Waals surface area contributed by atoms with Crippen LogP contribution in [0.2, 0.25) is 0 Å². The lowest BCUT2D eigenvalue weighted by Crippen LogP contribution is -2.38. The molecule has 1 N–H and O–H groups in total. The minimum absolute atomic E-state index is 0.124. The molecular formula is C22H22N6O2S. The molecule has 0 saturated carbocycles. The smallest absolute Gasteiger partial charge is 0.258 e. The zero-order valence-electron chi connectivity index (χ0n) is 16.9. The van der Waals surface area contributed by atoms with Gasteiger partial charge >= 0.3 is 0 Å². The van der Waals surface area contributed by atoms with E-state index in [0.717, 1.165) is 24.2 Å². The Labute approximate surface area is 183 Å². The summed E-state index contributed by atoms with van der Waals surface area (Å²) in [4.78, 5) is 22.1. The Kier molecular flexibility index (Phi) is 5.68. The van der Waals surface area contributed by atoms with Crippen molar-refractivity contribution < 1.29 is 4.74 Å². The number of ether oxygens (including phenoxy) is 1. The molecule has 3 heterocycles. The quantitative estimate of drug-likeness (QED) is 0.467. The summed E-state index contributed by atoms with van der Waals surface area (Å²) in [5, 5.41) is 10.3. The zero-order chi connectivity index (χ0) is 21.0. The van der Waals surface area contributed by atoms with Crippen LogP contribution < -0.4 is 10.5 Å². The first kappa shape index (κ1) is 19.8. The minimum atomic E-state index is -0.124. The first-order valence-electron chi connectivity index (χ1n) is 10.2. The second-order valence-corrected chi connectivity index (χ2v) is 8.21.